The van der Waals surface area contributed by atoms with E-state index in [0.29, 0.717) is 6.42 Å². The Morgan fingerprint density at radius 1 is 0.957 bits per heavy atom. The van der Waals surface area contributed by atoms with E-state index in [9.17, 15) is 4.79 Å². The molecule has 0 saturated carbocycles. The molecule has 2 aliphatic heterocycles. The molecule has 0 aliphatic carbocycles. The van der Waals surface area contributed by atoms with Gasteiger partial charge in [0.05, 0.1) is 6.42 Å². The van der Waals surface area contributed by atoms with Gasteiger partial charge < -0.3 is 5.32 Å². The Morgan fingerprint density at radius 3 is 2.52 bits per heavy atom. The summed E-state index contributed by atoms with van der Waals surface area (Å²) in [6.07, 6.45) is 4.52. The van der Waals surface area contributed by atoms with E-state index in [1.54, 1.807) is 0 Å². The number of hydrogen-bond donors (Lipinski definition) is 1. The minimum Gasteiger partial charge on any atom is -0.326 e. The average Bonchev–Trinajstić information content (AvgIpc) is 2.97. The number of carbonyl (C=O) groups is 1. The molecule has 3 heteroatoms. The van der Waals surface area contributed by atoms with Crippen LogP contribution in [0.25, 0.3) is 11.1 Å². The van der Waals surface area contributed by atoms with E-state index >= 15 is 0 Å². The van der Waals surface area contributed by atoms with Crippen molar-refractivity contribution in [2.24, 2.45) is 0 Å². The zero-order chi connectivity index (χ0) is 15.6. The van der Waals surface area contributed by atoms with Gasteiger partial charge in [-0.2, -0.15) is 0 Å². The second-order valence-corrected chi connectivity index (χ2v) is 6.59. The van der Waals surface area contributed by atoms with Crippen molar-refractivity contribution in [2.45, 2.75) is 32.2 Å². The molecule has 2 aromatic carbocycles. The molecule has 0 aromatic heterocycles. The van der Waals surface area contributed by atoms with Crippen LogP contribution in [0.5, 0.6) is 0 Å². The number of fused-ring (bicyclic) bond motifs is 1. The summed E-state index contributed by atoms with van der Waals surface area (Å²) in [5.74, 6) is 0.0918. The van der Waals surface area contributed by atoms with Crippen LogP contribution in [0.3, 0.4) is 0 Å². The smallest absolute Gasteiger partial charge is 0.228 e. The highest BCUT2D eigenvalue weighted by molar-refractivity contribution is 6.01. The van der Waals surface area contributed by atoms with Gasteiger partial charge in [0, 0.05) is 12.2 Å². The lowest BCUT2D eigenvalue weighted by Gasteiger charge is -2.26. The van der Waals surface area contributed by atoms with Crippen molar-refractivity contribution in [3.8, 4) is 11.1 Å². The van der Waals surface area contributed by atoms with Crippen LogP contribution in [0, 0.1) is 0 Å². The van der Waals surface area contributed by atoms with Gasteiger partial charge in [-0.25, -0.2) is 0 Å². The summed E-state index contributed by atoms with van der Waals surface area (Å²) in [7, 11) is 0. The van der Waals surface area contributed by atoms with Crippen LogP contribution in [0.1, 0.15) is 30.4 Å². The van der Waals surface area contributed by atoms with Crippen LogP contribution in [0.2, 0.25) is 0 Å². The van der Waals surface area contributed by atoms with Crippen molar-refractivity contribution in [2.75, 3.05) is 18.4 Å². The van der Waals surface area contributed by atoms with Crippen molar-refractivity contribution >= 4 is 11.6 Å². The Bertz CT molecular complexity index is 715. The van der Waals surface area contributed by atoms with Gasteiger partial charge in [-0.05, 0) is 54.3 Å². The second kappa shape index (κ2) is 6.17. The Morgan fingerprint density at radius 2 is 1.74 bits per heavy atom. The fourth-order valence-electron chi connectivity index (χ4n) is 3.69. The second-order valence-electron chi connectivity index (χ2n) is 6.59. The number of carbonyl (C=O) groups excluding carboxylic acids is 1. The van der Waals surface area contributed by atoms with Gasteiger partial charge in [-0.1, -0.05) is 42.8 Å². The van der Waals surface area contributed by atoms with Crippen molar-refractivity contribution in [1.29, 1.82) is 0 Å². The van der Waals surface area contributed by atoms with Gasteiger partial charge in [0.1, 0.15) is 0 Å². The molecule has 0 bridgehead atoms. The average molecular weight is 306 g/mol. The first kappa shape index (κ1) is 14.5. The molecule has 0 unspecified atom stereocenters. The van der Waals surface area contributed by atoms with Gasteiger partial charge in [0.25, 0.3) is 0 Å². The molecular weight excluding hydrogens is 284 g/mol. The summed E-state index contributed by atoms with van der Waals surface area (Å²) in [5, 5.41) is 2.93. The normalized spacial score (nSPS) is 17.8. The first-order valence-corrected chi connectivity index (χ1v) is 8.53. The lowest BCUT2D eigenvalue weighted by Crippen LogP contribution is -2.28. The molecule has 118 valence electrons. The minimum atomic E-state index is 0.0918. The van der Waals surface area contributed by atoms with E-state index in [-0.39, 0.29) is 5.91 Å². The Hall–Kier alpha value is -2.13. The maximum atomic E-state index is 11.6. The van der Waals surface area contributed by atoms with Gasteiger partial charge in [-0.15, -0.1) is 0 Å². The summed E-state index contributed by atoms with van der Waals surface area (Å²) >= 11 is 0. The SMILES string of the molecule is O=C1Cc2c(cccc2-c2ccc(CN3CCCCC3)cc2)N1. The number of hydrogen-bond acceptors (Lipinski definition) is 2. The molecule has 1 fully saturated rings. The number of amides is 1. The third kappa shape index (κ3) is 3.02. The molecule has 23 heavy (non-hydrogen) atoms. The van der Waals surface area contributed by atoms with E-state index in [1.807, 2.05) is 12.1 Å². The molecule has 1 amide bonds. The molecule has 0 spiro atoms. The highest BCUT2D eigenvalue weighted by Gasteiger charge is 2.20. The third-order valence-electron chi connectivity index (χ3n) is 4.91. The van der Waals surface area contributed by atoms with Crippen LogP contribution in [-0.4, -0.2) is 23.9 Å². The zero-order valence-electron chi connectivity index (χ0n) is 13.3. The van der Waals surface area contributed by atoms with Gasteiger partial charge in [0.15, 0.2) is 0 Å². The predicted octanol–water partition coefficient (Wildman–Crippen LogP) is 3.83. The number of nitrogens with zero attached hydrogens (tertiary/aromatic N) is 1. The van der Waals surface area contributed by atoms with Gasteiger partial charge in [-0.3, -0.25) is 9.69 Å². The highest BCUT2D eigenvalue weighted by atomic mass is 16.1. The number of anilines is 1. The molecule has 0 atom stereocenters. The Balaban J connectivity index is 1.55. The number of piperidine rings is 1. The molecule has 2 heterocycles. The molecule has 2 aromatic rings. The fourth-order valence-corrected chi connectivity index (χ4v) is 3.69. The van der Waals surface area contributed by atoms with Crippen LogP contribution < -0.4 is 5.32 Å². The summed E-state index contributed by atoms with van der Waals surface area (Å²) < 4.78 is 0. The fraction of sp³-hybridized carbons (Fsp3) is 0.350. The Labute approximate surface area is 137 Å². The quantitative estimate of drug-likeness (QED) is 0.934. The highest BCUT2D eigenvalue weighted by Crippen LogP contribution is 2.33. The maximum absolute atomic E-state index is 11.6. The lowest BCUT2D eigenvalue weighted by atomic mass is 9.97. The summed E-state index contributed by atoms with van der Waals surface area (Å²) in [4.78, 5) is 14.2. The first-order chi connectivity index (χ1) is 11.3. The molecule has 2 aliphatic rings. The minimum absolute atomic E-state index is 0.0918. The van der Waals surface area contributed by atoms with Crippen molar-refractivity contribution in [3.05, 3.63) is 53.6 Å². The number of benzene rings is 2. The van der Waals surface area contributed by atoms with Crippen molar-refractivity contribution in [1.82, 2.24) is 4.90 Å². The van der Waals surface area contributed by atoms with E-state index in [2.05, 4.69) is 40.5 Å². The molecule has 3 nitrogen and oxygen atoms in total. The Kier molecular flexibility index (Phi) is 3.88. The maximum Gasteiger partial charge on any atom is 0.228 e. The van der Waals surface area contributed by atoms with Crippen LogP contribution in [0.15, 0.2) is 42.5 Å². The molecule has 4 rings (SSSR count). The van der Waals surface area contributed by atoms with Gasteiger partial charge >= 0.3 is 0 Å². The number of nitrogens with one attached hydrogen (secondary N) is 1. The standard InChI is InChI=1S/C20H22N2O/c23-20-13-18-17(5-4-6-19(18)21-20)16-9-7-15(8-10-16)14-22-11-2-1-3-12-22/h4-10H,1-3,11-14H2,(H,21,23). The number of likely N-dealkylation sites (tertiary alicyclic amines) is 1. The van der Waals surface area contributed by atoms with E-state index in [1.165, 1.54) is 49.0 Å². The summed E-state index contributed by atoms with van der Waals surface area (Å²) in [6, 6.07) is 14.9. The van der Waals surface area contributed by atoms with E-state index in [0.717, 1.165) is 17.8 Å². The predicted molar refractivity (Wildman–Crippen MR) is 93.3 cm³/mol. The molecule has 1 saturated heterocycles. The van der Waals surface area contributed by atoms with Gasteiger partial charge in [0.2, 0.25) is 5.91 Å². The molecular formula is C20H22N2O. The topological polar surface area (TPSA) is 32.3 Å². The largest absolute Gasteiger partial charge is 0.326 e. The number of rotatable bonds is 3. The molecule has 0 radical (unpaired) electrons. The van der Waals surface area contributed by atoms with Crippen LogP contribution >= 0.6 is 0 Å². The van der Waals surface area contributed by atoms with E-state index < -0.39 is 0 Å². The van der Waals surface area contributed by atoms with Crippen LogP contribution in [-0.2, 0) is 17.8 Å². The summed E-state index contributed by atoms with van der Waals surface area (Å²) in [6.45, 7) is 3.50. The zero-order valence-corrected chi connectivity index (χ0v) is 13.3. The lowest BCUT2D eigenvalue weighted by molar-refractivity contribution is -0.115. The molecule has 1 N–H and O–H groups in total. The summed E-state index contributed by atoms with van der Waals surface area (Å²) in [5.41, 5.74) is 5.83. The van der Waals surface area contributed by atoms with Crippen molar-refractivity contribution in [3.63, 3.8) is 0 Å². The van der Waals surface area contributed by atoms with Crippen LogP contribution in [0.4, 0.5) is 5.69 Å². The monoisotopic (exact) mass is 306 g/mol. The first-order valence-electron chi connectivity index (χ1n) is 8.53. The van der Waals surface area contributed by atoms with E-state index in [4.69, 9.17) is 0 Å². The third-order valence-corrected chi connectivity index (χ3v) is 4.91. The van der Waals surface area contributed by atoms with Crippen molar-refractivity contribution < 1.29 is 4.79 Å².